The van der Waals surface area contributed by atoms with Gasteiger partial charge in [0.05, 0.1) is 32.0 Å². The van der Waals surface area contributed by atoms with Crippen molar-refractivity contribution < 1.29 is 33.4 Å². The van der Waals surface area contributed by atoms with Crippen LogP contribution in [0.2, 0.25) is 0 Å². The number of hydrogen-bond donors (Lipinski definition) is 1. The Kier molecular flexibility index (Phi) is 6.88. The number of methoxy groups -OCH3 is 2. The Morgan fingerprint density at radius 2 is 1.79 bits per heavy atom. The number of fused-ring (bicyclic) bond motifs is 3. The maximum atomic E-state index is 13.9. The van der Waals surface area contributed by atoms with Crippen LogP contribution >= 0.6 is 0 Å². The zero-order chi connectivity index (χ0) is 27.7. The van der Waals surface area contributed by atoms with Crippen molar-refractivity contribution in [1.29, 1.82) is 0 Å². The quantitative estimate of drug-likeness (QED) is 0.361. The Morgan fingerprint density at radius 3 is 2.49 bits per heavy atom. The SMILES string of the molecule is CCOC(=O)CNC(=O)C1c2nc(C(=O)OC)cc3c4ccccc4n(c23)CC(=O)N1c1ccc(OC)cc1. The molecule has 0 spiro atoms. The fraction of sp³-hybridized carbons (Fsp3) is 0.250. The number of nitrogens with one attached hydrogen (secondary N) is 1. The van der Waals surface area contributed by atoms with Crippen molar-refractivity contribution in [2.24, 2.45) is 0 Å². The number of ether oxygens (including phenoxy) is 3. The molecule has 0 aliphatic carbocycles. The van der Waals surface area contributed by atoms with Gasteiger partial charge in [-0.3, -0.25) is 19.3 Å². The number of amides is 2. The maximum Gasteiger partial charge on any atom is 0.356 e. The summed E-state index contributed by atoms with van der Waals surface area (Å²) in [4.78, 5) is 58.4. The van der Waals surface area contributed by atoms with Crippen molar-refractivity contribution in [1.82, 2.24) is 14.9 Å². The van der Waals surface area contributed by atoms with Crippen molar-refractivity contribution in [2.45, 2.75) is 19.5 Å². The Balaban J connectivity index is 1.77. The number of carbonyl (C=O) groups excluding carboxylic acids is 4. The van der Waals surface area contributed by atoms with Crippen molar-refractivity contribution >= 4 is 51.2 Å². The molecule has 1 aliphatic heterocycles. The molecule has 1 aliphatic rings. The molecule has 0 radical (unpaired) electrons. The number of esters is 2. The van der Waals surface area contributed by atoms with Crippen LogP contribution in [-0.4, -0.2) is 60.7 Å². The molecule has 11 nitrogen and oxygen atoms in total. The topological polar surface area (TPSA) is 129 Å². The van der Waals surface area contributed by atoms with Crippen LogP contribution in [0.1, 0.15) is 29.1 Å². The summed E-state index contributed by atoms with van der Waals surface area (Å²) < 4.78 is 17.0. The molecule has 2 amide bonds. The average molecular weight is 531 g/mol. The standard InChI is InChI=1S/C28H26N4O7/c1-4-39-23(34)14-29-27(35)26-24-25-19(13-20(30-24)28(36)38-3)18-7-5-6-8-21(18)31(25)15-22(33)32(26)16-9-11-17(37-2)12-10-16/h5-13,26H,4,14-15H2,1-3H3,(H,29,35). The summed E-state index contributed by atoms with van der Waals surface area (Å²) in [6.07, 6.45) is 0. The van der Waals surface area contributed by atoms with E-state index < -0.39 is 36.3 Å². The van der Waals surface area contributed by atoms with Gasteiger partial charge in [0, 0.05) is 22.0 Å². The highest BCUT2D eigenvalue weighted by molar-refractivity contribution is 6.14. The zero-order valence-electron chi connectivity index (χ0n) is 21.6. The fourth-order valence-electron chi connectivity index (χ4n) is 4.89. The summed E-state index contributed by atoms with van der Waals surface area (Å²) in [5, 5.41) is 4.01. The number of benzene rings is 2. The van der Waals surface area contributed by atoms with Crippen LogP contribution in [-0.2, 0) is 30.4 Å². The van der Waals surface area contributed by atoms with Crippen molar-refractivity contribution in [3.05, 3.63) is 66.0 Å². The minimum absolute atomic E-state index is 0.0184. The summed E-state index contributed by atoms with van der Waals surface area (Å²) >= 11 is 0. The van der Waals surface area contributed by atoms with Gasteiger partial charge in [0.1, 0.15) is 24.5 Å². The maximum absolute atomic E-state index is 13.9. The first kappa shape index (κ1) is 25.7. The first-order valence-electron chi connectivity index (χ1n) is 12.3. The van der Waals surface area contributed by atoms with Crippen molar-refractivity contribution in [3.8, 4) is 5.75 Å². The number of pyridine rings is 1. The van der Waals surface area contributed by atoms with Gasteiger partial charge < -0.3 is 24.1 Å². The van der Waals surface area contributed by atoms with Gasteiger partial charge in [-0.2, -0.15) is 0 Å². The minimum Gasteiger partial charge on any atom is -0.497 e. The Labute approximate surface area is 223 Å². The molecule has 1 unspecified atom stereocenters. The molecular formula is C28H26N4O7. The molecule has 1 N–H and O–H groups in total. The minimum atomic E-state index is -1.32. The molecule has 0 saturated heterocycles. The van der Waals surface area contributed by atoms with E-state index in [1.165, 1.54) is 19.1 Å². The van der Waals surface area contributed by atoms with Crippen LogP contribution in [0.15, 0.2) is 54.6 Å². The van der Waals surface area contributed by atoms with Gasteiger partial charge in [-0.25, -0.2) is 9.78 Å². The van der Waals surface area contributed by atoms with E-state index in [-0.39, 0.29) is 24.5 Å². The smallest absolute Gasteiger partial charge is 0.356 e. The predicted molar refractivity (Wildman–Crippen MR) is 141 cm³/mol. The second kappa shape index (κ2) is 10.4. The Bertz CT molecular complexity index is 1610. The van der Waals surface area contributed by atoms with E-state index in [4.69, 9.17) is 14.2 Å². The number of para-hydroxylation sites is 1. The van der Waals surface area contributed by atoms with E-state index >= 15 is 0 Å². The van der Waals surface area contributed by atoms with E-state index in [9.17, 15) is 19.2 Å². The lowest BCUT2D eigenvalue weighted by Gasteiger charge is -2.29. The number of carbonyl (C=O) groups is 4. The first-order valence-corrected chi connectivity index (χ1v) is 12.3. The van der Waals surface area contributed by atoms with Gasteiger partial charge in [0.15, 0.2) is 6.04 Å². The Morgan fingerprint density at radius 1 is 1.05 bits per heavy atom. The molecule has 5 rings (SSSR count). The number of nitrogens with zero attached hydrogens (tertiary/aromatic N) is 3. The largest absolute Gasteiger partial charge is 0.497 e. The van der Waals surface area contributed by atoms with Gasteiger partial charge in [-0.05, 0) is 43.3 Å². The van der Waals surface area contributed by atoms with Crippen LogP contribution in [0.3, 0.4) is 0 Å². The number of aromatic nitrogens is 2. The third kappa shape index (κ3) is 4.52. The average Bonchev–Trinajstić information content (AvgIpc) is 3.19. The molecule has 0 fully saturated rings. The summed E-state index contributed by atoms with van der Waals surface area (Å²) in [5.41, 5.74) is 1.84. The molecule has 1 atom stereocenters. The van der Waals surface area contributed by atoms with Gasteiger partial charge in [-0.1, -0.05) is 18.2 Å². The van der Waals surface area contributed by atoms with E-state index in [0.717, 1.165) is 10.9 Å². The summed E-state index contributed by atoms with van der Waals surface area (Å²) in [5.74, 6) is -1.81. The molecule has 4 aromatic rings. The molecule has 3 heterocycles. The van der Waals surface area contributed by atoms with Gasteiger partial charge in [0.25, 0.3) is 0 Å². The second-order valence-electron chi connectivity index (χ2n) is 8.77. The molecular weight excluding hydrogens is 504 g/mol. The molecule has 2 aromatic heterocycles. The lowest BCUT2D eigenvalue weighted by atomic mass is 10.0. The lowest BCUT2D eigenvalue weighted by molar-refractivity contribution is -0.143. The third-order valence-electron chi connectivity index (χ3n) is 6.56. The van der Waals surface area contributed by atoms with Crippen LogP contribution < -0.4 is 15.0 Å². The monoisotopic (exact) mass is 530 g/mol. The van der Waals surface area contributed by atoms with Crippen LogP contribution in [0, 0.1) is 0 Å². The molecule has 0 bridgehead atoms. The van der Waals surface area contributed by atoms with E-state index in [1.807, 2.05) is 24.3 Å². The normalized spacial score (nSPS) is 14.7. The summed E-state index contributed by atoms with van der Waals surface area (Å²) in [6.45, 7) is 1.31. The van der Waals surface area contributed by atoms with Crippen LogP contribution in [0.4, 0.5) is 5.69 Å². The summed E-state index contributed by atoms with van der Waals surface area (Å²) in [6, 6.07) is 14.4. The van der Waals surface area contributed by atoms with E-state index in [0.29, 0.717) is 22.3 Å². The van der Waals surface area contributed by atoms with Crippen molar-refractivity contribution in [3.63, 3.8) is 0 Å². The highest BCUT2D eigenvalue weighted by Gasteiger charge is 2.40. The predicted octanol–water partition coefficient (Wildman–Crippen LogP) is 2.75. The zero-order valence-corrected chi connectivity index (χ0v) is 21.6. The molecule has 11 heteroatoms. The number of rotatable bonds is 7. The van der Waals surface area contributed by atoms with Gasteiger partial charge in [-0.15, -0.1) is 0 Å². The third-order valence-corrected chi connectivity index (χ3v) is 6.56. The van der Waals surface area contributed by atoms with E-state index in [2.05, 4.69) is 10.3 Å². The van der Waals surface area contributed by atoms with Gasteiger partial charge in [0.2, 0.25) is 11.8 Å². The highest BCUT2D eigenvalue weighted by atomic mass is 16.5. The fourth-order valence-corrected chi connectivity index (χ4v) is 4.89. The lowest BCUT2D eigenvalue weighted by Crippen LogP contribution is -2.45. The first-order chi connectivity index (χ1) is 18.9. The Hall–Kier alpha value is -4.93. The molecule has 0 saturated carbocycles. The van der Waals surface area contributed by atoms with E-state index in [1.54, 1.807) is 41.8 Å². The number of anilines is 1. The van der Waals surface area contributed by atoms with Crippen LogP contribution in [0.25, 0.3) is 21.8 Å². The molecule has 2 aromatic carbocycles. The number of hydrogen-bond acceptors (Lipinski definition) is 8. The highest BCUT2D eigenvalue weighted by Crippen LogP contribution is 2.39. The summed E-state index contributed by atoms with van der Waals surface area (Å²) in [7, 11) is 2.76. The van der Waals surface area contributed by atoms with Crippen LogP contribution in [0.5, 0.6) is 5.75 Å². The van der Waals surface area contributed by atoms with Gasteiger partial charge >= 0.3 is 11.9 Å². The second-order valence-corrected chi connectivity index (χ2v) is 8.77. The molecule has 39 heavy (non-hydrogen) atoms. The van der Waals surface area contributed by atoms with Crippen molar-refractivity contribution in [2.75, 3.05) is 32.3 Å². The molecule has 200 valence electrons.